The van der Waals surface area contributed by atoms with Gasteiger partial charge in [0.25, 0.3) is 0 Å². The fraction of sp³-hybridized carbons (Fsp3) is 0.333. The summed E-state index contributed by atoms with van der Waals surface area (Å²) in [4.78, 5) is 28.8. The molecule has 0 radical (unpaired) electrons. The summed E-state index contributed by atoms with van der Waals surface area (Å²) in [7, 11) is 1.62. The highest BCUT2D eigenvalue weighted by Gasteiger charge is 2.32. The smallest absolute Gasteiger partial charge is 0.243 e. The Balaban J connectivity index is 1.84. The van der Waals surface area contributed by atoms with Crippen LogP contribution in [0.15, 0.2) is 78.9 Å². The first-order valence-electron chi connectivity index (χ1n) is 12.2. The number of hydrogen-bond donors (Lipinski definition) is 1. The Bertz CT molecular complexity index is 1150. The molecular formula is C30H35FN2O3S. The zero-order chi connectivity index (χ0) is 26.8. The summed E-state index contributed by atoms with van der Waals surface area (Å²) in [6.07, 6.45) is 0.374. The summed E-state index contributed by atoms with van der Waals surface area (Å²) in [5.74, 6) is 0.936. The van der Waals surface area contributed by atoms with E-state index in [4.69, 9.17) is 4.74 Å². The molecule has 3 rings (SSSR count). The van der Waals surface area contributed by atoms with E-state index in [-0.39, 0.29) is 29.9 Å². The molecule has 3 aromatic carbocycles. The van der Waals surface area contributed by atoms with Gasteiger partial charge in [-0.05, 0) is 61.7 Å². The number of hydrogen-bond acceptors (Lipinski definition) is 4. The van der Waals surface area contributed by atoms with Gasteiger partial charge in [0, 0.05) is 24.3 Å². The second-order valence-electron chi connectivity index (χ2n) is 9.93. The third-order valence-corrected chi connectivity index (χ3v) is 6.68. The first-order chi connectivity index (χ1) is 17.6. The van der Waals surface area contributed by atoms with Crippen molar-refractivity contribution in [3.05, 3.63) is 101 Å². The molecule has 0 aliphatic heterocycles. The molecular weight excluding hydrogens is 487 g/mol. The van der Waals surface area contributed by atoms with Crippen LogP contribution >= 0.6 is 11.8 Å². The van der Waals surface area contributed by atoms with E-state index in [0.29, 0.717) is 12.2 Å². The van der Waals surface area contributed by atoms with Crippen LogP contribution in [0, 0.1) is 5.82 Å². The van der Waals surface area contributed by atoms with Crippen LogP contribution in [0.5, 0.6) is 5.75 Å². The van der Waals surface area contributed by atoms with Crippen molar-refractivity contribution in [2.24, 2.45) is 0 Å². The van der Waals surface area contributed by atoms with Crippen LogP contribution in [0.4, 0.5) is 4.39 Å². The molecule has 0 aliphatic rings. The van der Waals surface area contributed by atoms with Gasteiger partial charge < -0.3 is 15.0 Å². The summed E-state index contributed by atoms with van der Waals surface area (Å²) in [5.41, 5.74) is 2.34. The van der Waals surface area contributed by atoms with Gasteiger partial charge in [-0.3, -0.25) is 9.59 Å². The number of nitrogens with zero attached hydrogens (tertiary/aromatic N) is 1. The topological polar surface area (TPSA) is 58.6 Å². The van der Waals surface area contributed by atoms with Gasteiger partial charge in [0.05, 0.1) is 12.9 Å². The predicted molar refractivity (Wildman–Crippen MR) is 148 cm³/mol. The van der Waals surface area contributed by atoms with Gasteiger partial charge in [0.15, 0.2) is 0 Å². The maximum atomic E-state index is 13.6. The van der Waals surface area contributed by atoms with Crippen LogP contribution in [0.25, 0.3) is 0 Å². The number of carbonyl (C=O) groups is 2. The third kappa shape index (κ3) is 9.25. The van der Waals surface area contributed by atoms with Crippen molar-refractivity contribution >= 4 is 23.6 Å². The van der Waals surface area contributed by atoms with Crippen LogP contribution in [0.1, 0.15) is 37.5 Å². The van der Waals surface area contributed by atoms with E-state index in [2.05, 4.69) is 5.32 Å². The van der Waals surface area contributed by atoms with Crippen molar-refractivity contribution in [1.82, 2.24) is 10.2 Å². The Labute approximate surface area is 223 Å². The van der Waals surface area contributed by atoms with Gasteiger partial charge in [-0.25, -0.2) is 4.39 Å². The number of halogens is 1. The molecule has 0 saturated carbocycles. The zero-order valence-corrected chi connectivity index (χ0v) is 22.7. The Hall–Kier alpha value is -3.32. The van der Waals surface area contributed by atoms with E-state index >= 15 is 0 Å². The maximum absolute atomic E-state index is 13.6. The van der Waals surface area contributed by atoms with Gasteiger partial charge in [-0.1, -0.05) is 54.6 Å². The molecule has 0 fully saturated rings. The predicted octanol–water partition coefficient (Wildman–Crippen LogP) is 5.62. The van der Waals surface area contributed by atoms with Crippen molar-refractivity contribution in [1.29, 1.82) is 0 Å². The number of ether oxygens (including phenoxy) is 1. The first kappa shape index (κ1) is 28.3. The SMILES string of the molecule is COc1ccc(CSCC(=O)N(Cc2ccc(F)cc2)[C@H](Cc2ccccc2)C(=O)NC(C)(C)C)cc1. The van der Waals surface area contributed by atoms with Crippen LogP contribution in [0.3, 0.4) is 0 Å². The van der Waals surface area contributed by atoms with E-state index < -0.39 is 11.6 Å². The van der Waals surface area contributed by atoms with E-state index in [1.165, 1.54) is 23.9 Å². The second-order valence-corrected chi connectivity index (χ2v) is 10.9. The number of carbonyl (C=O) groups excluding carboxylic acids is 2. The van der Waals surface area contributed by atoms with Crippen molar-refractivity contribution < 1.29 is 18.7 Å². The lowest BCUT2D eigenvalue weighted by Crippen LogP contribution is -2.54. The summed E-state index contributed by atoms with van der Waals surface area (Å²) in [6, 6.07) is 22.7. The average Bonchev–Trinajstić information content (AvgIpc) is 2.87. The van der Waals surface area contributed by atoms with Gasteiger partial charge in [-0.2, -0.15) is 0 Å². The van der Waals surface area contributed by atoms with Crippen molar-refractivity contribution in [3.63, 3.8) is 0 Å². The highest BCUT2D eigenvalue weighted by atomic mass is 32.2. The standard InChI is InChI=1S/C30H35FN2O3S/c1-30(2,3)32-29(35)27(18-22-8-6-5-7-9-22)33(19-23-10-14-25(31)15-11-23)28(34)21-37-20-24-12-16-26(36-4)17-13-24/h5-17,27H,18-21H2,1-4H3,(H,32,35)/t27-/m1/s1. The van der Waals surface area contributed by atoms with Crippen molar-refractivity contribution in [3.8, 4) is 5.75 Å². The summed E-state index contributed by atoms with van der Waals surface area (Å²) < 4.78 is 18.8. The molecule has 2 amide bonds. The number of benzene rings is 3. The largest absolute Gasteiger partial charge is 0.497 e. The number of nitrogens with one attached hydrogen (secondary N) is 1. The molecule has 7 heteroatoms. The molecule has 5 nitrogen and oxygen atoms in total. The lowest BCUT2D eigenvalue weighted by atomic mass is 10.0. The van der Waals surface area contributed by atoms with Gasteiger partial charge >= 0.3 is 0 Å². The summed E-state index contributed by atoms with van der Waals surface area (Å²) in [6.45, 7) is 5.96. The number of thioether (sulfide) groups is 1. The van der Waals surface area contributed by atoms with Crippen LogP contribution < -0.4 is 10.1 Å². The first-order valence-corrected chi connectivity index (χ1v) is 13.4. The molecule has 0 heterocycles. The fourth-order valence-corrected chi connectivity index (χ4v) is 4.72. The van der Waals surface area contributed by atoms with Gasteiger partial charge in [0.2, 0.25) is 11.8 Å². The Morgan fingerprint density at radius 1 is 0.919 bits per heavy atom. The molecule has 0 saturated heterocycles. The normalized spacial score (nSPS) is 12.0. The van der Waals surface area contributed by atoms with Crippen LogP contribution in [0.2, 0.25) is 0 Å². The molecule has 196 valence electrons. The lowest BCUT2D eigenvalue weighted by molar-refractivity contribution is -0.140. The minimum absolute atomic E-state index is 0.146. The highest BCUT2D eigenvalue weighted by Crippen LogP contribution is 2.20. The summed E-state index contributed by atoms with van der Waals surface area (Å²) >= 11 is 1.49. The van der Waals surface area contributed by atoms with E-state index in [0.717, 1.165) is 22.4 Å². The van der Waals surface area contributed by atoms with Crippen LogP contribution in [-0.2, 0) is 28.3 Å². The zero-order valence-electron chi connectivity index (χ0n) is 21.9. The van der Waals surface area contributed by atoms with E-state index in [1.54, 1.807) is 24.1 Å². The molecule has 1 atom stereocenters. The lowest BCUT2D eigenvalue weighted by Gasteiger charge is -2.34. The minimum Gasteiger partial charge on any atom is -0.497 e. The quantitative estimate of drug-likeness (QED) is 0.355. The monoisotopic (exact) mass is 522 g/mol. The molecule has 0 unspecified atom stereocenters. The maximum Gasteiger partial charge on any atom is 0.243 e. The molecule has 37 heavy (non-hydrogen) atoms. The number of rotatable bonds is 11. The Kier molecular flexibility index (Phi) is 10.1. The fourth-order valence-electron chi connectivity index (χ4n) is 3.85. The molecule has 0 aliphatic carbocycles. The molecule has 3 aromatic rings. The summed E-state index contributed by atoms with van der Waals surface area (Å²) in [5, 5.41) is 3.05. The molecule has 0 spiro atoms. The van der Waals surface area contributed by atoms with Crippen molar-refractivity contribution in [2.45, 2.75) is 51.1 Å². The Morgan fingerprint density at radius 3 is 2.14 bits per heavy atom. The van der Waals surface area contributed by atoms with E-state index in [1.807, 2.05) is 75.4 Å². The van der Waals surface area contributed by atoms with E-state index in [9.17, 15) is 14.0 Å². The van der Waals surface area contributed by atoms with Gasteiger partial charge in [-0.15, -0.1) is 11.8 Å². The van der Waals surface area contributed by atoms with Gasteiger partial charge in [0.1, 0.15) is 17.6 Å². The highest BCUT2D eigenvalue weighted by molar-refractivity contribution is 7.99. The second kappa shape index (κ2) is 13.3. The number of amides is 2. The van der Waals surface area contributed by atoms with Crippen LogP contribution in [-0.4, -0.2) is 41.2 Å². The number of methoxy groups -OCH3 is 1. The average molecular weight is 523 g/mol. The molecule has 0 aromatic heterocycles. The molecule has 0 bridgehead atoms. The molecule has 1 N–H and O–H groups in total. The Morgan fingerprint density at radius 2 is 1.54 bits per heavy atom. The minimum atomic E-state index is -0.722. The van der Waals surface area contributed by atoms with Crippen molar-refractivity contribution in [2.75, 3.05) is 12.9 Å². The third-order valence-electron chi connectivity index (χ3n) is 5.69.